The van der Waals surface area contributed by atoms with Crippen LogP contribution in [0.25, 0.3) is 44.5 Å². The molecule has 0 radical (unpaired) electrons. The van der Waals surface area contributed by atoms with Crippen LogP contribution in [0.15, 0.2) is 265 Å². The van der Waals surface area contributed by atoms with Gasteiger partial charge in [0.25, 0.3) is 0 Å². The Morgan fingerprint density at radius 1 is 0.300 bits per heavy atom. The first-order chi connectivity index (χ1) is 43.5. The first-order valence-electron chi connectivity index (χ1n) is 31.2. The average Bonchev–Trinajstić information content (AvgIpc) is 1.02. The fourth-order valence-corrected chi connectivity index (χ4v) is 11.7. The normalized spacial score (nSPS) is 12.8. The van der Waals surface area contributed by atoms with Crippen molar-refractivity contribution in [1.29, 1.82) is 0 Å². The molecule has 4 atom stereocenters. The monoisotopic (exact) mass is 1200 g/mol. The number of nitrogens with one attached hydrogen (secondary N) is 2. The Labute approximate surface area is 537 Å². The van der Waals surface area contributed by atoms with E-state index in [1.165, 1.54) is 11.1 Å². The van der Waals surface area contributed by atoms with E-state index in [0.717, 1.165) is 101 Å². The molecule has 0 fully saturated rings. The SMILES string of the molecule is CC(NC(=N[C@H](C)c1ccccc1)c1c(-c2ccc(C#CC#Cc3ccc(-c4cccc(-c5ccc(C#C[Si](C)(C)C)cc5)c4C(=N[C@H](C)c4ccccc4)N[C@H](C)c4ccccc4)cc3)cc2)cccc1-c1ccc(C#C[Si](C)(C)C)cc1)c1ccccc1. The van der Waals surface area contributed by atoms with Gasteiger partial charge >= 0.3 is 0 Å². The Hall–Kier alpha value is -10.2. The molecule has 2 N–H and O–H groups in total. The Bertz CT molecular complexity index is 4110. The smallest absolute Gasteiger partial charge is 0.130 e. The number of hydrogen-bond acceptors (Lipinski definition) is 2. The van der Waals surface area contributed by atoms with Gasteiger partial charge < -0.3 is 10.6 Å². The van der Waals surface area contributed by atoms with Crippen LogP contribution in [0.3, 0.4) is 0 Å². The molecule has 10 aromatic rings. The van der Waals surface area contributed by atoms with Gasteiger partial charge in [0.15, 0.2) is 0 Å². The lowest BCUT2D eigenvalue weighted by atomic mass is 9.89. The molecule has 0 aliphatic heterocycles. The van der Waals surface area contributed by atoms with Crippen LogP contribution < -0.4 is 10.6 Å². The van der Waals surface area contributed by atoms with Gasteiger partial charge in [-0.2, -0.15) is 0 Å². The summed E-state index contributed by atoms with van der Waals surface area (Å²) >= 11 is 0. The number of benzene rings is 10. The molecule has 0 saturated carbocycles. The van der Waals surface area contributed by atoms with Gasteiger partial charge in [0, 0.05) is 45.5 Å². The second-order valence-corrected chi connectivity index (χ2v) is 34.4. The van der Waals surface area contributed by atoms with Crippen molar-refractivity contribution in [2.45, 2.75) is 91.1 Å². The first kappa shape index (κ1) is 62.9. The highest BCUT2D eigenvalue weighted by Gasteiger charge is 2.24. The molecule has 0 amide bonds. The van der Waals surface area contributed by atoms with Crippen LogP contribution >= 0.6 is 0 Å². The van der Waals surface area contributed by atoms with Crippen molar-refractivity contribution in [1.82, 2.24) is 10.6 Å². The lowest BCUT2D eigenvalue weighted by molar-refractivity contribution is 0.703. The van der Waals surface area contributed by atoms with Crippen LogP contribution in [0, 0.1) is 46.6 Å². The van der Waals surface area contributed by atoms with Crippen LogP contribution in [0.5, 0.6) is 0 Å². The standard InChI is InChI=1S/C84H78N4Si2/c1-61(69-29-15-11-16-30-69)85-83(86-62(2)70-31-17-12-18-32-70)81-77(37-25-39-79(81)75-53-45-67(46-54-75)57-59-89(5,6)7)73-49-41-65(42-50-73)27-23-24-28-66-43-51-74(52-44-66)78-38-26-40-80(76-55-47-68(48-56-76)58-60-90(8,9)10)82(78)84(87-63(3)71-33-19-13-20-34-71)88-64(4)72-35-21-14-22-36-72/h11-22,25-26,29-56,61-64H,1-10H3,(H,85,86)(H,87,88)/t61-,62-,63-,64?/m1/s1. The highest BCUT2D eigenvalue weighted by molar-refractivity contribution is 6.84. The molecule has 10 aromatic carbocycles. The highest BCUT2D eigenvalue weighted by atomic mass is 28.3. The van der Waals surface area contributed by atoms with Crippen LogP contribution in [-0.4, -0.2) is 27.8 Å². The third kappa shape index (κ3) is 16.9. The zero-order chi connectivity index (χ0) is 63.0. The van der Waals surface area contributed by atoms with Gasteiger partial charge in [-0.3, -0.25) is 9.98 Å². The van der Waals surface area contributed by atoms with E-state index in [2.05, 4.69) is 379 Å². The van der Waals surface area contributed by atoms with E-state index in [1.807, 2.05) is 0 Å². The van der Waals surface area contributed by atoms with Crippen LogP contribution in [0.1, 0.15) is 107 Å². The van der Waals surface area contributed by atoms with Crippen LogP contribution in [-0.2, 0) is 0 Å². The topological polar surface area (TPSA) is 48.8 Å². The third-order valence-electron chi connectivity index (χ3n) is 15.5. The lowest BCUT2D eigenvalue weighted by Gasteiger charge is -2.24. The minimum absolute atomic E-state index is 0.0333. The number of nitrogens with zero attached hydrogens (tertiary/aromatic N) is 2. The maximum absolute atomic E-state index is 5.56. The van der Waals surface area contributed by atoms with E-state index in [0.29, 0.717) is 0 Å². The fraction of sp³-hybridized carbons (Fsp3) is 0.167. The van der Waals surface area contributed by atoms with E-state index in [1.54, 1.807) is 0 Å². The van der Waals surface area contributed by atoms with Gasteiger partial charge in [-0.05, 0) is 155 Å². The van der Waals surface area contributed by atoms with E-state index in [4.69, 9.17) is 9.98 Å². The Kier molecular flexibility index (Phi) is 20.4. The molecule has 10 rings (SSSR count). The summed E-state index contributed by atoms with van der Waals surface area (Å²) in [4.78, 5) is 11.1. The highest BCUT2D eigenvalue weighted by Crippen LogP contribution is 2.37. The van der Waals surface area contributed by atoms with Crippen molar-refractivity contribution in [3.05, 3.63) is 310 Å². The molecule has 0 aliphatic rings. The molecular formula is C84H78N4Si2. The van der Waals surface area contributed by atoms with E-state index in [9.17, 15) is 0 Å². The number of amidine groups is 2. The molecule has 4 nitrogen and oxygen atoms in total. The number of aliphatic imine (C=N–C) groups is 2. The van der Waals surface area contributed by atoms with Crippen molar-refractivity contribution >= 4 is 27.8 Å². The summed E-state index contributed by atoms with van der Waals surface area (Å²) < 4.78 is 0. The minimum Gasteiger partial charge on any atom is -0.363 e. The van der Waals surface area contributed by atoms with Crippen molar-refractivity contribution in [2.24, 2.45) is 9.98 Å². The summed E-state index contributed by atoms with van der Waals surface area (Å²) in [5.41, 5.74) is 26.1. The lowest BCUT2D eigenvalue weighted by Crippen LogP contribution is -2.29. The predicted molar refractivity (Wildman–Crippen MR) is 388 cm³/mol. The maximum Gasteiger partial charge on any atom is 0.130 e. The molecule has 0 aromatic heterocycles. The largest absolute Gasteiger partial charge is 0.363 e. The van der Waals surface area contributed by atoms with Gasteiger partial charge in [0.2, 0.25) is 0 Å². The summed E-state index contributed by atoms with van der Waals surface area (Å²) in [5.74, 6) is 21.5. The third-order valence-corrected chi connectivity index (χ3v) is 17.3. The van der Waals surface area contributed by atoms with Gasteiger partial charge in [0.1, 0.15) is 27.8 Å². The van der Waals surface area contributed by atoms with Crippen molar-refractivity contribution < 1.29 is 0 Å². The second kappa shape index (κ2) is 29.2. The van der Waals surface area contributed by atoms with Crippen molar-refractivity contribution in [3.8, 4) is 91.1 Å². The number of hydrogen-bond donors (Lipinski definition) is 2. The summed E-state index contributed by atoms with van der Waals surface area (Å²) in [6.07, 6.45) is 0. The molecule has 0 bridgehead atoms. The van der Waals surface area contributed by atoms with Crippen LogP contribution in [0.2, 0.25) is 39.3 Å². The molecule has 6 heteroatoms. The summed E-state index contributed by atoms with van der Waals surface area (Å²) in [5, 5.41) is 7.84. The van der Waals surface area contributed by atoms with Crippen molar-refractivity contribution in [2.75, 3.05) is 0 Å². The second-order valence-electron chi connectivity index (χ2n) is 24.9. The zero-order valence-corrected chi connectivity index (χ0v) is 55.5. The summed E-state index contributed by atoms with van der Waals surface area (Å²) in [7, 11) is -3.12. The summed E-state index contributed by atoms with van der Waals surface area (Å²) in [6, 6.07) is 89.2. The zero-order valence-electron chi connectivity index (χ0n) is 53.5. The van der Waals surface area contributed by atoms with Gasteiger partial charge in [-0.25, -0.2) is 0 Å². The fourth-order valence-electron chi connectivity index (χ4n) is 10.6. The first-order valence-corrected chi connectivity index (χ1v) is 38.2. The Balaban J connectivity index is 0.982. The van der Waals surface area contributed by atoms with E-state index in [-0.39, 0.29) is 24.2 Å². The van der Waals surface area contributed by atoms with Gasteiger partial charge in [0.05, 0.1) is 12.1 Å². The quantitative estimate of drug-likeness (QED) is 0.0493. The predicted octanol–water partition coefficient (Wildman–Crippen LogP) is 19.9. The molecule has 0 heterocycles. The Morgan fingerprint density at radius 2 is 0.556 bits per heavy atom. The Morgan fingerprint density at radius 3 is 0.822 bits per heavy atom. The molecular weight excluding hydrogens is 1120 g/mol. The van der Waals surface area contributed by atoms with E-state index < -0.39 is 16.1 Å². The van der Waals surface area contributed by atoms with Gasteiger partial charge in [-0.15, -0.1) is 11.1 Å². The van der Waals surface area contributed by atoms with Crippen molar-refractivity contribution in [3.63, 3.8) is 0 Å². The molecule has 0 spiro atoms. The number of rotatable bonds is 14. The molecule has 90 heavy (non-hydrogen) atoms. The molecule has 1 unspecified atom stereocenters. The molecule has 0 aliphatic carbocycles. The van der Waals surface area contributed by atoms with Gasteiger partial charge in [-0.1, -0.05) is 269 Å². The molecule has 442 valence electrons. The van der Waals surface area contributed by atoms with Crippen LogP contribution in [0.4, 0.5) is 0 Å². The molecule has 0 saturated heterocycles. The average molecular weight is 1200 g/mol. The van der Waals surface area contributed by atoms with E-state index >= 15 is 0 Å². The minimum atomic E-state index is -1.56. The maximum atomic E-state index is 5.56. The summed E-state index contributed by atoms with van der Waals surface area (Å²) in [6.45, 7) is 22.4.